The number of aryl methyl sites for hydroxylation is 1. The summed E-state index contributed by atoms with van der Waals surface area (Å²) >= 11 is 3.45. The van der Waals surface area contributed by atoms with E-state index in [9.17, 15) is 0 Å². The Morgan fingerprint density at radius 2 is 1.59 bits per heavy atom. The summed E-state index contributed by atoms with van der Waals surface area (Å²) in [5, 5.41) is 3.48. The van der Waals surface area contributed by atoms with Crippen molar-refractivity contribution in [3.05, 3.63) is 87.9 Å². The minimum Gasteiger partial charge on any atom is -0.490 e. The van der Waals surface area contributed by atoms with Crippen LogP contribution in [0.1, 0.15) is 23.6 Å². The van der Waals surface area contributed by atoms with Crippen LogP contribution in [0, 0.1) is 6.92 Å². The van der Waals surface area contributed by atoms with Crippen molar-refractivity contribution in [2.75, 3.05) is 11.9 Å². The molecule has 27 heavy (non-hydrogen) atoms. The van der Waals surface area contributed by atoms with E-state index in [0.29, 0.717) is 13.2 Å². The van der Waals surface area contributed by atoms with Crippen LogP contribution in [0.15, 0.2) is 71.2 Å². The maximum atomic E-state index is 5.99. The van der Waals surface area contributed by atoms with Crippen LogP contribution >= 0.6 is 15.9 Å². The highest BCUT2D eigenvalue weighted by Gasteiger charge is 2.08. The second-order valence-electron chi connectivity index (χ2n) is 6.30. The van der Waals surface area contributed by atoms with Gasteiger partial charge in [-0.05, 0) is 60.9 Å². The number of rotatable bonds is 8. The summed E-state index contributed by atoms with van der Waals surface area (Å²) in [7, 11) is 0. The van der Waals surface area contributed by atoms with Gasteiger partial charge >= 0.3 is 0 Å². The van der Waals surface area contributed by atoms with E-state index in [1.807, 2.05) is 55.5 Å². The number of halogens is 1. The van der Waals surface area contributed by atoms with Crippen LogP contribution in [-0.4, -0.2) is 6.61 Å². The van der Waals surface area contributed by atoms with Crippen molar-refractivity contribution in [3.63, 3.8) is 0 Å². The first kappa shape index (κ1) is 19.3. The first-order valence-corrected chi connectivity index (χ1v) is 9.87. The standard InChI is InChI=1S/C23H24BrNO2/c1-3-26-23-14-19(15-25-21-7-5-4-6-17(21)2)10-13-22(23)27-16-18-8-11-20(24)12-9-18/h4-14,25H,3,15-16H2,1-2H3. The Hall–Kier alpha value is -2.46. The molecule has 0 amide bonds. The Bertz CT molecular complexity index is 878. The summed E-state index contributed by atoms with van der Waals surface area (Å²) in [5.41, 5.74) is 4.65. The van der Waals surface area contributed by atoms with E-state index in [1.165, 1.54) is 5.56 Å². The molecule has 0 heterocycles. The van der Waals surface area contributed by atoms with E-state index in [0.717, 1.165) is 39.3 Å². The largest absolute Gasteiger partial charge is 0.490 e. The van der Waals surface area contributed by atoms with Gasteiger partial charge in [0.05, 0.1) is 6.61 Å². The number of benzene rings is 3. The lowest BCUT2D eigenvalue weighted by Gasteiger charge is -2.15. The fourth-order valence-corrected chi connectivity index (χ4v) is 3.02. The first-order valence-electron chi connectivity index (χ1n) is 9.08. The number of ether oxygens (including phenoxy) is 2. The number of hydrogen-bond acceptors (Lipinski definition) is 3. The molecule has 140 valence electrons. The first-order chi connectivity index (χ1) is 13.2. The zero-order valence-electron chi connectivity index (χ0n) is 15.7. The lowest BCUT2D eigenvalue weighted by Crippen LogP contribution is -2.03. The summed E-state index contributed by atoms with van der Waals surface area (Å²) in [4.78, 5) is 0. The smallest absolute Gasteiger partial charge is 0.161 e. The van der Waals surface area contributed by atoms with E-state index in [2.05, 4.69) is 46.4 Å². The lowest BCUT2D eigenvalue weighted by atomic mass is 10.1. The van der Waals surface area contributed by atoms with E-state index >= 15 is 0 Å². The molecule has 3 aromatic rings. The second-order valence-corrected chi connectivity index (χ2v) is 7.21. The van der Waals surface area contributed by atoms with Gasteiger partial charge in [-0.3, -0.25) is 0 Å². The van der Waals surface area contributed by atoms with Crippen LogP contribution in [0.4, 0.5) is 5.69 Å². The van der Waals surface area contributed by atoms with Gasteiger partial charge in [0.15, 0.2) is 11.5 Å². The van der Waals surface area contributed by atoms with Crippen LogP contribution in [0.25, 0.3) is 0 Å². The predicted molar refractivity (Wildman–Crippen MR) is 115 cm³/mol. The molecular formula is C23H24BrNO2. The maximum Gasteiger partial charge on any atom is 0.161 e. The van der Waals surface area contributed by atoms with E-state index < -0.39 is 0 Å². The molecule has 0 saturated carbocycles. The summed E-state index contributed by atoms with van der Waals surface area (Å²) in [6.07, 6.45) is 0. The molecule has 0 bridgehead atoms. The minimum absolute atomic E-state index is 0.508. The molecule has 0 aliphatic carbocycles. The zero-order chi connectivity index (χ0) is 19.1. The van der Waals surface area contributed by atoms with Crippen molar-refractivity contribution >= 4 is 21.6 Å². The molecule has 0 saturated heterocycles. The van der Waals surface area contributed by atoms with Gasteiger partial charge < -0.3 is 14.8 Å². The third-order valence-corrected chi connectivity index (χ3v) is 4.77. The summed E-state index contributed by atoms with van der Waals surface area (Å²) in [6.45, 7) is 5.93. The fraction of sp³-hybridized carbons (Fsp3) is 0.217. The van der Waals surface area contributed by atoms with Crippen molar-refractivity contribution in [1.82, 2.24) is 0 Å². The molecular weight excluding hydrogens is 402 g/mol. The van der Waals surface area contributed by atoms with Gasteiger partial charge in [0, 0.05) is 16.7 Å². The molecule has 0 unspecified atom stereocenters. The Balaban J connectivity index is 1.68. The highest BCUT2D eigenvalue weighted by Crippen LogP contribution is 2.30. The van der Waals surface area contributed by atoms with Crippen molar-refractivity contribution < 1.29 is 9.47 Å². The van der Waals surface area contributed by atoms with Crippen molar-refractivity contribution in [2.45, 2.75) is 27.0 Å². The minimum atomic E-state index is 0.508. The molecule has 0 aliphatic rings. The fourth-order valence-electron chi connectivity index (χ4n) is 2.76. The molecule has 4 heteroatoms. The van der Waals surface area contributed by atoms with Crippen LogP contribution in [0.2, 0.25) is 0 Å². The highest BCUT2D eigenvalue weighted by molar-refractivity contribution is 9.10. The van der Waals surface area contributed by atoms with Gasteiger partial charge in [-0.15, -0.1) is 0 Å². The normalized spacial score (nSPS) is 10.5. The predicted octanol–water partition coefficient (Wildman–Crippen LogP) is 6.35. The number of anilines is 1. The van der Waals surface area contributed by atoms with Gasteiger partial charge in [-0.25, -0.2) is 0 Å². The Morgan fingerprint density at radius 3 is 2.33 bits per heavy atom. The Morgan fingerprint density at radius 1 is 0.852 bits per heavy atom. The molecule has 3 rings (SSSR count). The van der Waals surface area contributed by atoms with Gasteiger partial charge in [0.25, 0.3) is 0 Å². The molecule has 0 aliphatic heterocycles. The van der Waals surface area contributed by atoms with E-state index in [4.69, 9.17) is 9.47 Å². The van der Waals surface area contributed by atoms with Gasteiger partial charge in [0.2, 0.25) is 0 Å². The topological polar surface area (TPSA) is 30.5 Å². The number of hydrogen-bond donors (Lipinski definition) is 1. The molecule has 3 nitrogen and oxygen atoms in total. The summed E-state index contributed by atoms with van der Waals surface area (Å²) in [5.74, 6) is 1.54. The average molecular weight is 426 g/mol. The Kier molecular flexibility index (Phi) is 6.77. The van der Waals surface area contributed by atoms with Crippen LogP contribution < -0.4 is 14.8 Å². The Labute approximate surface area is 169 Å². The third kappa shape index (κ3) is 5.51. The van der Waals surface area contributed by atoms with Gasteiger partial charge in [-0.2, -0.15) is 0 Å². The molecule has 0 spiro atoms. The summed E-state index contributed by atoms with van der Waals surface area (Å²) in [6, 6.07) is 22.5. The quantitative estimate of drug-likeness (QED) is 0.456. The molecule has 0 aromatic heterocycles. The number of nitrogens with one attached hydrogen (secondary N) is 1. The molecule has 0 atom stereocenters. The van der Waals surface area contributed by atoms with E-state index in [-0.39, 0.29) is 0 Å². The zero-order valence-corrected chi connectivity index (χ0v) is 17.3. The second kappa shape index (κ2) is 9.47. The van der Waals surface area contributed by atoms with Crippen LogP contribution in [0.5, 0.6) is 11.5 Å². The molecule has 0 fully saturated rings. The SMILES string of the molecule is CCOc1cc(CNc2ccccc2C)ccc1OCc1ccc(Br)cc1. The van der Waals surface area contributed by atoms with Crippen molar-refractivity contribution in [1.29, 1.82) is 0 Å². The van der Waals surface area contributed by atoms with Gasteiger partial charge in [0.1, 0.15) is 6.61 Å². The third-order valence-electron chi connectivity index (χ3n) is 4.24. The van der Waals surface area contributed by atoms with Gasteiger partial charge in [-0.1, -0.05) is 52.3 Å². The number of para-hydroxylation sites is 1. The van der Waals surface area contributed by atoms with Crippen molar-refractivity contribution in [3.8, 4) is 11.5 Å². The average Bonchev–Trinajstić information content (AvgIpc) is 2.68. The summed E-state index contributed by atoms with van der Waals surface area (Å²) < 4.78 is 12.9. The van der Waals surface area contributed by atoms with Crippen LogP contribution in [-0.2, 0) is 13.2 Å². The van der Waals surface area contributed by atoms with E-state index in [1.54, 1.807) is 0 Å². The molecule has 3 aromatic carbocycles. The molecule has 0 radical (unpaired) electrons. The van der Waals surface area contributed by atoms with Crippen molar-refractivity contribution in [2.24, 2.45) is 0 Å². The monoisotopic (exact) mass is 425 g/mol. The lowest BCUT2D eigenvalue weighted by molar-refractivity contribution is 0.269. The molecule has 1 N–H and O–H groups in total. The van der Waals surface area contributed by atoms with Crippen LogP contribution in [0.3, 0.4) is 0 Å². The maximum absolute atomic E-state index is 5.99. The highest BCUT2D eigenvalue weighted by atomic mass is 79.9.